The number of nitrogens with zero attached hydrogens (tertiary/aromatic N) is 1. The largest absolute Gasteiger partial charge is 0.487 e. The number of aliphatic hydroxyl groups excluding tert-OH is 2. The molecule has 0 saturated heterocycles. The Hall–Kier alpha value is 0.302. The Kier molecular flexibility index (Phi) is 17.9. The van der Waals surface area contributed by atoms with E-state index in [-0.39, 0.29) is 32.5 Å². The number of thiocarbonyl (C=S) groups is 2. The van der Waals surface area contributed by atoms with E-state index >= 15 is 0 Å². The third-order valence-electron chi connectivity index (χ3n) is 1.03. The van der Waals surface area contributed by atoms with Gasteiger partial charge in [0.05, 0.1) is 0 Å². The topological polar surface area (TPSA) is 69.7 Å². The molecule has 76 valence electrons. The summed E-state index contributed by atoms with van der Waals surface area (Å²) in [4.78, 5) is 1.70. The molecular formula is C6H14N2O2PbS2. The van der Waals surface area contributed by atoms with Gasteiger partial charge in [-0.3, -0.25) is 0 Å². The molecule has 4 N–H and O–H groups in total. The molecule has 0 saturated carbocycles. The maximum atomic E-state index is 8.67. The van der Waals surface area contributed by atoms with Crippen LogP contribution in [0.2, 0.25) is 0 Å². The summed E-state index contributed by atoms with van der Waals surface area (Å²) in [5.41, 5.74) is 4.40. The van der Waals surface area contributed by atoms with E-state index in [4.69, 9.17) is 10.2 Å². The molecule has 0 atom stereocenters. The molecule has 0 spiro atoms. The maximum absolute atomic E-state index is 8.67. The van der Waals surface area contributed by atoms with Crippen molar-refractivity contribution in [1.82, 2.24) is 4.90 Å². The standard InChI is InChI=1S/C5H11NOS.CH3NOS.Pb/c1-3-6(4-2)5(7)8;2-1(3)4;/h3-4H2,1-2H3,(H,7,8);(H3,2,3,4);. The number of nitrogens with two attached hydrogens (primary N) is 1. The van der Waals surface area contributed by atoms with Crippen LogP contribution in [-0.2, 0) is 0 Å². The molecule has 0 rings (SSSR count). The minimum absolute atomic E-state index is 0. The van der Waals surface area contributed by atoms with Crippen molar-refractivity contribution in [3.63, 3.8) is 0 Å². The summed E-state index contributed by atoms with van der Waals surface area (Å²) < 4.78 is 0. The first-order valence-corrected chi connectivity index (χ1v) is 4.23. The molecule has 0 aromatic heterocycles. The predicted octanol–water partition coefficient (Wildman–Crippen LogP) is 0.578. The molecule has 0 aromatic rings. The van der Waals surface area contributed by atoms with E-state index in [1.807, 2.05) is 13.8 Å². The van der Waals surface area contributed by atoms with Gasteiger partial charge in [-0.25, -0.2) is 0 Å². The Bertz CT molecular complexity index is 150. The second-order valence-electron chi connectivity index (χ2n) is 1.79. The Balaban J connectivity index is -0.000000173. The molecule has 0 fully saturated rings. The summed E-state index contributed by atoms with van der Waals surface area (Å²) in [5.74, 6) is 0. The second kappa shape index (κ2) is 12.3. The van der Waals surface area contributed by atoms with Crippen molar-refractivity contribution in [1.29, 1.82) is 0 Å². The van der Waals surface area contributed by atoms with Crippen molar-refractivity contribution in [3.8, 4) is 0 Å². The summed E-state index contributed by atoms with van der Waals surface area (Å²) in [7, 11) is 0. The van der Waals surface area contributed by atoms with E-state index in [1.54, 1.807) is 4.90 Å². The van der Waals surface area contributed by atoms with Crippen LogP contribution in [0, 0.1) is 0 Å². The van der Waals surface area contributed by atoms with Gasteiger partial charge < -0.3 is 20.8 Å². The fraction of sp³-hybridized carbons (Fsp3) is 0.667. The molecule has 0 aliphatic carbocycles. The van der Waals surface area contributed by atoms with Crippen LogP contribution in [0.5, 0.6) is 0 Å². The molecule has 4 nitrogen and oxygen atoms in total. The molecule has 0 amide bonds. The van der Waals surface area contributed by atoms with Gasteiger partial charge in [-0.2, -0.15) is 0 Å². The van der Waals surface area contributed by atoms with Crippen molar-refractivity contribution < 1.29 is 10.2 Å². The molecule has 4 radical (unpaired) electrons. The first-order valence-electron chi connectivity index (χ1n) is 3.41. The molecule has 0 unspecified atom stereocenters. The van der Waals surface area contributed by atoms with Crippen molar-refractivity contribution >= 4 is 62.1 Å². The molecule has 0 bridgehead atoms. The van der Waals surface area contributed by atoms with Crippen molar-refractivity contribution in [2.75, 3.05) is 13.1 Å². The minimum atomic E-state index is -0.500. The summed E-state index contributed by atoms with van der Waals surface area (Å²) in [6.07, 6.45) is 0. The van der Waals surface area contributed by atoms with Crippen LogP contribution in [0.15, 0.2) is 0 Å². The van der Waals surface area contributed by atoms with Crippen molar-refractivity contribution in [2.45, 2.75) is 13.8 Å². The second-order valence-corrected chi connectivity index (χ2v) is 2.58. The zero-order chi connectivity index (χ0) is 10.1. The number of aliphatic hydroxyl groups is 2. The fourth-order valence-corrected chi connectivity index (χ4v) is 0.752. The number of hydrogen-bond acceptors (Lipinski definition) is 2. The molecular weight excluding hydrogens is 403 g/mol. The van der Waals surface area contributed by atoms with Gasteiger partial charge in [-0.1, -0.05) is 0 Å². The van der Waals surface area contributed by atoms with Gasteiger partial charge in [0, 0.05) is 40.4 Å². The normalized spacial score (nSPS) is 7.23. The van der Waals surface area contributed by atoms with Crippen LogP contribution in [0.4, 0.5) is 0 Å². The van der Waals surface area contributed by atoms with Crippen molar-refractivity contribution in [3.05, 3.63) is 0 Å². The van der Waals surface area contributed by atoms with Crippen molar-refractivity contribution in [2.24, 2.45) is 5.73 Å². The predicted molar refractivity (Wildman–Crippen MR) is 63.3 cm³/mol. The number of rotatable bonds is 2. The Morgan fingerprint density at radius 3 is 1.46 bits per heavy atom. The summed E-state index contributed by atoms with van der Waals surface area (Å²) in [6.45, 7) is 5.47. The third kappa shape index (κ3) is 18.9. The zero-order valence-electron chi connectivity index (χ0n) is 7.65. The molecule has 0 aliphatic rings. The van der Waals surface area contributed by atoms with Gasteiger partial charge in [0.25, 0.3) is 10.3 Å². The Morgan fingerprint density at radius 1 is 1.23 bits per heavy atom. The van der Waals surface area contributed by atoms with Crippen LogP contribution < -0.4 is 5.73 Å². The molecule has 0 aromatic carbocycles. The van der Waals surface area contributed by atoms with Gasteiger partial charge in [-0.05, 0) is 38.3 Å². The minimum Gasteiger partial charge on any atom is -0.487 e. The van der Waals surface area contributed by atoms with E-state index in [0.29, 0.717) is 0 Å². The van der Waals surface area contributed by atoms with Crippen LogP contribution in [-0.4, -0.2) is 65.9 Å². The summed E-state index contributed by atoms with van der Waals surface area (Å²) in [6, 6.07) is 0. The molecule has 0 aliphatic heterocycles. The van der Waals surface area contributed by atoms with Crippen LogP contribution >= 0.6 is 24.4 Å². The Labute approximate surface area is 109 Å². The summed E-state index contributed by atoms with van der Waals surface area (Å²) in [5, 5.41) is 15.7. The monoisotopic (exact) mass is 418 g/mol. The maximum Gasteiger partial charge on any atom is 0.256 e. The molecule has 7 heteroatoms. The number of hydrogen-bond donors (Lipinski definition) is 3. The third-order valence-corrected chi connectivity index (χ3v) is 1.29. The molecule has 13 heavy (non-hydrogen) atoms. The SMILES string of the molecule is CCN(CC)C(O)=S.NC(O)=S.[Pb]. The van der Waals surface area contributed by atoms with E-state index < -0.39 is 5.17 Å². The van der Waals surface area contributed by atoms with Gasteiger partial charge in [0.15, 0.2) is 0 Å². The van der Waals surface area contributed by atoms with E-state index in [1.165, 1.54) is 0 Å². The van der Waals surface area contributed by atoms with Crippen LogP contribution in [0.1, 0.15) is 13.8 Å². The molecule has 0 heterocycles. The summed E-state index contributed by atoms with van der Waals surface area (Å²) >= 11 is 8.37. The van der Waals surface area contributed by atoms with Crippen LogP contribution in [0.3, 0.4) is 0 Å². The average Bonchev–Trinajstić information content (AvgIpc) is 1.87. The van der Waals surface area contributed by atoms with E-state index in [9.17, 15) is 0 Å². The first-order chi connectivity index (χ1) is 5.45. The van der Waals surface area contributed by atoms with Gasteiger partial charge >= 0.3 is 0 Å². The van der Waals surface area contributed by atoms with Crippen LogP contribution in [0.25, 0.3) is 0 Å². The zero-order valence-corrected chi connectivity index (χ0v) is 13.2. The average molecular weight is 418 g/mol. The van der Waals surface area contributed by atoms with Gasteiger partial charge in [-0.15, -0.1) is 0 Å². The van der Waals surface area contributed by atoms with Gasteiger partial charge in [0.1, 0.15) is 0 Å². The quantitative estimate of drug-likeness (QED) is 0.451. The Morgan fingerprint density at radius 2 is 1.46 bits per heavy atom. The smallest absolute Gasteiger partial charge is 0.256 e. The van der Waals surface area contributed by atoms with Gasteiger partial charge in [0.2, 0.25) is 0 Å². The first kappa shape index (κ1) is 19.0. The van der Waals surface area contributed by atoms with E-state index in [0.717, 1.165) is 13.1 Å². The van der Waals surface area contributed by atoms with E-state index in [2.05, 4.69) is 30.2 Å². The fourth-order valence-electron chi connectivity index (χ4n) is 0.494.